The average molecular weight is 282 g/mol. The van der Waals surface area contributed by atoms with Gasteiger partial charge in [0.2, 0.25) is 0 Å². The molecule has 0 unspecified atom stereocenters. The predicted molar refractivity (Wildman–Crippen MR) is 74.4 cm³/mol. The van der Waals surface area contributed by atoms with Crippen LogP contribution in [0.15, 0.2) is 12.5 Å². The van der Waals surface area contributed by atoms with Crippen LogP contribution in [0.4, 0.5) is 4.79 Å². The quantitative estimate of drug-likeness (QED) is 0.700. The molecule has 1 aromatic rings. The summed E-state index contributed by atoms with van der Waals surface area (Å²) in [7, 11) is 1.68. The van der Waals surface area contributed by atoms with E-state index >= 15 is 0 Å². The van der Waals surface area contributed by atoms with Crippen LogP contribution in [0.3, 0.4) is 0 Å². The second-order valence-corrected chi connectivity index (χ2v) is 4.70. The minimum atomic E-state index is -1.06. The van der Waals surface area contributed by atoms with Gasteiger partial charge >= 0.3 is 12.0 Å². The van der Waals surface area contributed by atoms with Crippen molar-refractivity contribution < 1.29 is 14.7 Å². The van der Waals surface area contributed by atoms with Crippen LogP contribution in [0, 0.1) is 0 Å². The van der Waals surface area contributed by atoms with Crippen LogP contribution in [0.25, 0.3) is 0 Å². The Bertz CT molecular complexity index is 429. The van der Waals surface area contributed by atoms with Gasteiger partial charge in [-0.2, -0.15) is 0 Å². The number of carbonyl (C=O) groups is 2. The van der Waals surface area contributed by atoms with E-state index in [0.29, 0.717) is 5.69 Å². The number of carboxylic acid groups (broad SMARTS) is 1. The van der Waals surface area contributed by atoms with Gasteiger partial charge in [-0.3, -0.25) is 0 Å². The number of aromatic amines is 1. The highest BCUT2D eigenvalue weighted by atomic mass is 16.4. The van der Waals surface area contributed by atoms with Crippen molar-refractivity contribution in [2.24, 2.45) is 0 Å². The van der Waals surface area contributed by atoms with Gasteiger partial charge < -0.3 is 20.3 Å². The van der Waals surface area contributed by atoms with Crippen LogP contribution in [0.2, 0.25) is 0 Å². The summed E-state index contributed by atoms with van der Waals surface area (Å²) in [5.74, 6) is -1.06. The van der Waals surface area contributed by atoms with Gasteiger partial charge in [-0.25, -0.2) is 14.6 Å². The number of imidazole rings is 1. The molecule has 0 saturated carbocycles. The summed E-state index contributed by atoms with van der Waals surface area (Å²) >= 11 is 0. The smallest absolute Gasteiger partial charge is 0.326 e. The standard InChI is InChI=1S/C13H22N4O3/c1-4-10(5-2)17(3)13(20)16-11(12(18)19)6-9-7-14-8-15-9/h7-8,10-11H,4-6H2,1-3H3,(H,14,15)(H,16,20)(H,18,19)/t11-/m0/s1. The van der Waals surface area contributed by atoms with E-state index in [-0.39, 0.29) is 18.5 Å². The zero-order valence-corrected chi connectivity index (χ0v) is 12.1. The molecule has 3 N–H and O–H groups in total. The summed E-state index contributed by atoms with van der Waals surface area (Å²) in [6, 6.07) is -1.23. The van der Waals surface area contributed by atoms with Crippen molar-refractivity contribution in [3.05, 3.63) is 18.2 Å². The largest absolute Gasteiger partial charge is 0.480 e. The van der Waals surface area contributed by atoms with E-state index in [0.717, 1.165) is 12.8 Å². The number of aliphatic carboxylic acids is 1. The monoisotopic (exact) mass is 282 g/mol. The molecule has 1 atom stereocenters. The van der Waals surface area contributed by atoms with E-state index in [4.69, 9.17) is 0 Å². The number of H-pyrrole nitrogens is 1. The predicted octanol–water partition coefficient (Wildman–Crippen LogP) is 1.24. The number of amides is 2. The van der Waals surface area contributed by atoms with Crippen LogP contribution < -0.4 is 5.32 Å². The molecule has 112 valence electrons. The molecule has 0 aromatic carbocycles. The first-order valence-corrected chi connectivity index (χ1v) is 6.72. The molecule has 7 nitrogen and oxygen atoms in total. The van der Waals surface area contributed by atoms with Crippen LogP contribution in [0.1, 0.15) is 32.4 Å². The summed E-state index contributed by atoms with van der Waals surface area (Å²) in [6.07, 6.45) is 4.87. The van der Waals surface area contributed by atoms with Crippen LogP contribution in [-0.2, 0) is 11.2 Å². The number of urea groups is 1. The molecule has 0 aliphatic heterocycles. The van der Waals surface area contributed by atoms with Crippen LogP contribution >= 0.6 is 0 Å². The number of aromatic nitrogens is 2. The van der Waals surface area contributed by atoms with Crippen molar-refractivity contribution in [3.63, 3.8) is 0 Å². The Labute approximate surface area is 118 Å². The fourth-order valence-corrected chi connectivity index (χ4v) is 2.07. The number of carboxylic acids is 1. The molecule has 1 rings (SSSR count). The van der Waals surface area contributed by atoms with Gasteiger partial charge in [0, 0.05) is 31.4 Å². The van der Waals surface area contributed by atoms with E-state index in [1.807, 2.05) is 13.8 Å². The third-order valence-electron chi connectivity index (χ3n) is 3.39. The van der Waals surface area contributed by atoms with Gasteiger partial charge in [0.1, 0.15) is 6.04 Å². The normalized spacial score (nSPS) is 12.2. The summed E-state index contributed by atoms with van der Waals surface area (Å²) in [6.45, 7) is 3.99. The van der Waals surface area contributed by atoms with Crippen molar-refractivity contribution in [2.45, 2.75) is 45.2 Å². The van der Waals surface area contributed by atoms with Gasteiger partial charge in [-0.15, -0.1) is 0 Å². The van der Waals surface area contributed by atoms with E-state index in [1.165, 1.54) is 6.33 Å². The van der Waals surface area contributed by atoms with E-state index in [9.17, 15) is 14.7 Å². The highest BCUT2D eigenvalue weighted by molar-refractivity contribution is 5.82. The molecule has 0 spiro atoms. The number of nitrogens with one attached hydrogen (secondary N) is 2. The van der Waals surface area contributed by atoms with Crippen molar-refractivity contribution in [1.82, 2.24) is 20.2 Å². The minimum Gasteiger partial charge on any atom is -0.480 e. The summed E-state index contributed by atoms with van der Waals surface area (Å²) in [5.41, 5.74) is 0.669. The number of nitrogens with zero attached hydrogens (tertiary/aromatic N) is 2. The van der Waals surface area contributed by atoms with Crippen molar-refractivity contribution >= 4 is 12.0 Å². The van der Waals surface area contributed by atoms with Crippen molar-refractivity contribution in [1.29, 1.82) is 0 Å². The Balaban J connectivity index is 2.65. The Morgan fingerprint density at radius 3 is 2.55 bits per heavy atom. The first-order valence-electron chi connectivity index (χ1n) is 6.72. The van der Waals surface area contributed by atoms with Crippen LogP contribution in [-0.4, -0.2) is 51.1 Å². The lowest BCUT2D eigenvalue weighted by Gasteiger charge is -2.28. The zero-order chi connectivity index (χ0) is 15.1. The highest BCUT2D eigenvalue weighted by Gasteiger charge is 2.24. The second kappa shape index (κ2) is 7.52. The van der Waals surface area contributed by atoms with Crippen molar-refractivity contribution in [2.75, 3.05) is 7.05 Å². The maximum atomic E-state index is 12.1. The summed E-state index contributed by atoms with van der Waals surface area (Å²) in [5, 5.41) is 11.7. The molecule has 0 fully saturated rings. The molecule has 20 heavy (non-hydrogen) atoms. The molecule has 0 aliphatic carbocycles. The second-order valence-electron chi connectivity index (χ2n) is 4.70. The Hall–Kier alpha value is -2.05. The molecule has 0 aliphatic rings. The fraction of sp³-hybridized carbons (Fsp3) is 0.615. The van der Waals surface area contributed by atoms with E-state index in [1.54, 1.807) is 18.1 Å². The molecular formula is C13H22N4O3. The third-order valence-corrected chi connectivity index (χ3v) is 3.39. The molecule has 7 heteroatoms. The minimum absolute atomic E-state index is 0.108. The SMILES string of the molecule is CCC(CC)N(C)C(=O)N[C@@H](Cc1cnc[nH]1)C(=O)O. The molecule has 0 saturated heterocycles. The Morgan fingerprint density at radius 1 is 1.45 bits per heavy atom. The molecule has 0 bridgehead atoms. The molecule has 0 radical (unpaired) electrons. The Kier molecular flexibility index (Phi) is 6.02. The van der Waals surface area contributed by atoms with Gasteiger partial charge in [0.25, 0.3) is 0 Å². The van der Waals surface area contributed by atoms with Gasteiger partial charge in [0.05, 0.1) is 6.33 Å². The maximum Gasteiger partial charge on any atom is 0.326 e. The number of carbonyl (C=O) groups excluding carboxylic acids is 1. The molecular weight excluding hydrogens is 260 g/mol. The molecule has 1 heterocycles. The van der Waals surface area contributed by atoms with E-state index < -0.39 is 12.0 Å². The van der Waals surface area contributed by atoms with Gasteiger partial charge in [-0.1, -0.05) is 13.8 Å². The first-order chi connectivity index (χ1) is 9.49. The summed E-state index contributed by atoms with van der Waals surface area (Å²) < 4.78 is 0. The number of rotatable bonds is 7. The Morgan fingerprint density at radius 2 is 2.10 bits per heavy atom. The number of hydrogen-bond donors (Lipinski definition) is 3. The number of hydrogen-bond acceptors (Lipinski definition) is 3. The average Bonchev–Trinajstić information content (AvgIpc) is 2.91. The summed E-state index contributed by atoms with van der Waals surface area (Å²) in [4.78, 5) is 31.5. The first kappa shape index (κ1) is 16.0. The molecule has 1 aromatic heterocycles. The fourth-order valence-electron chi connectivity index (χ4n) is 2.07. The zero-order valence-electron chi connectivity index (χ0n) is 12.1. The topological polar surface area (TPSA) is 98.3 Å². The lowest BCUT2D eigenvalue weighted by atomic mass is 10.1. The van der Waals surface area contributed by atoms with Crippen molar-refractivity contribution in [3.8, 4) is 0 Å². The maximum absolute atomic E-state index is 12.1. The lowest BCUT2D eigenvalue weighted by molar-refractivity contribution is -0.139. The third kappa shape index (κ3) is 4.25. The molecule has 2 amide bonds. The van der Waals surface area contributed by atoms with E-state index in [2.05, 4.69) is 15.3 Å². The van der Waals surface area contributed by atoms with Gasteiger partial charge in [0.15, 0.2) is 0 Å². The van der Waals surface area contributed by atoms with Gasteiger partial charge in [-0.05, 0) is 12.8 Å². The highest BCUT2D eigenvalue weighted by Crippen LogP contribution is 2.07. The lowest BCUT2D eigenvalue weighted by Crippen LogP contribution is -2.50. The van der Waals surface area contributed by atoms with Crippen LogP contribution in [0.5, 0.6) is 0 Å².